The molecule has 144 valence electrons. The van der Waals surface area contributed by atoms with E-state index in [1.54, 1.807) is 13.8 Å². The van der Waals surface area contributed by atoms with Crippen molar-refractivity contribution in [3.63, 3.8) is 0 Å². The molecule has 0 saturated carbocycles. The zero-order chi connectivity index (χ0) is 20.5. The SMILES string of the molecule is CCOC(=O)c1c(NC(=O)c2nn(C)c(C)c2[N+](=O)[O-])sc(C(C)=O)c1C. The lowest BCUT2D eigenvalue weighted by atomic mass is 10.1. The van der Waals surface area contributed by atoms with Gasteiger partial charge in [0.05, 0.1) is 22.0 Å². The maximum atomic E-state index is 12.6. The number of thiophene rings is 1. The molecule has 0 unspecified atom stereocenters. The first-order valence-electron chi connectivity index (χ1n) is 7.90. The van der Waals surface area contributed by atoms with Gasteiger partial charge in [-0.05, 0) is 33.3 Å². The van der Waals surface area contributed by atoms with E-state index in [0.29, 0.717) is 10.4 Å². The van der Waals surface area contributed by atoms with Gasteiger partial charge in [0.15, 0.2) is 5.78 Å². The summed E-state index contributed by atoms with van der Waals surface area (Å²) in [6.07, 6.45) is 0. The van der Waals surface area contributed by atoms with Crippen LogP contribution in [-0.2, 0) is 11.8 Å². The number of hydrogen-bond donors (Lipinski definition) is 1. The minimum Gasteiger partial charge on any atom is -0.462 e. The van der Waals surface area contributed by atoms with Crippen LogP contribution < -0.4 is 5.32 Å². The molecule has 0 saturated heterocycles. The van der Waals surface area contributed by atoms with Crippen LogP contribution in [0, 0.1) is 24.0 Å². The van der Waals surface area contributed by atoms with Crippen molar-refractivity contribution in [2.45, 2.75) is 27.7 Å². The van der Waals surface area contributed by atoms with E-state index >= 15 is 0 Å². The van der Waals surface area contributed by atoms with Gasteiger partial charge in [0.2, 0.25) is 5.69 Å². The highest BCUT2D eigenvalue weighted by atomic mass is 32.1. The van der Waals surface area contributed by atoms with E-state index in [2.05, 4.69) is 10.4 Å². The number of carbonyl (C=O) groups is 3. The fourth-order valence-corrected chi connectivity index (χ4v) is 3.60. The standard InChI is InChI=1S/C16H18N4O6S/c1-6-26-16(23)10-7(2)13(9(4)21)27-15(10)17-14(22)11-12(20(24)25)8(3)19(5)18-11/h6H2,1-5H3,(H,17,22). The summed E-state index contributed by atoms with van der Waals surface area (Å²) >= 11 is 0.910. The van der Waals surface area contributed by atoms with Gasteiger partial charge < -0.3 is 10.1 Å². The molecule has 10 nitrogen and oxygen atoms in total. The number of hydrogen-bond acceptors (Lipinski definition) is 8. The zero-order valence-electron chi connectivity index (χ0n) is 15.4. The molecule has 0 bridgehead atoms. The highest BCUT2D eigenvalue weighted by Gasteiger charge is 2.31. The van der Waals surface area contributed by atoms with Crippen LogP contribution in [0.25, 0.3) is 0 Å². The summed E-state index contributed by atoms with van der Waals surface area (Å²) in [5, 5.41) is 17.7. The molecule has 2 aromatic heterocycles. The molecule has 27 heavy (non-hydrogen) atoms. The first kappa shape index (κ1) is 20.2. The second-order valence-electron chi connectivity index (χ2n) is 5.65. The number of rotatable bonds is 6. The molecule has 0 spiro atoms. The number of ether oxygens (including phenoxy) is 1. The number of esters is 1. The average Bonchev–Trinajstić information content (AvgIpc) is 3.05. The van der Waals surface area contributed by atoms with Gasteiger partial charge in [-0.2, -0.15) is 5.10 Å². The van der Waals surface area contributed by atoms with E-state index in [4.69, 9.17) is 4.74 Å². The first-order chi connectivity index (χ1) is 12.6. The Morgan fingerprint density at radius 3 is 2.48 bits per heavy atom. The maximum Gasteiger partial charge on any atom is 0.341 e. The number of anilines is 1. The second-order valence-corrected chi connectivity index (χ2v) is 6.68. The number of nitrogens with zero attached hydrogens (tertiary/aromatic N) is 3. The van der Waals surface area contributed by atoms with Crippen LogP contribution in [0.4, 0.5) is 10.7 Å². The summed E-state index contributed by atoms with van der Waals surface area (Å²) in [7, 11) is 1.48. The van der Waals surface area contributed by atoms with Gasteiger partial charge in [0.25, 0.3) is 5.91 Å². The number of carbonyl (C=O) groups excluding carboxylic acids is 3. The predicted octanol–water partition coefficient (Wildman–Crippen LogP) is 2.64. The summed E-state index contributed by atoms with van der Waals surface area (Å²) < 4.78 is 6.21. The Bertz CT molecular complexity index is 959. The third kappa shape index (κ3) is 3.72. The third-order valence-corrected chi connectivity index (χ3v) is 5.18. The van der Waals surface area contributed by atoms with Crippen LogP contribution in [0.3, 0.4) is 0 Å². The smallest absolute Gasteiger partial charge is 0.341 e. The summed E-state index contributed by atoms with van der Waals surface area (Å²) in [5.74, 6) is -1.82. The number of Topliss-reactive ketones (excluding diaryl/α,β-unsaturated/α-hetero) is 1. The molecule has 2 aromatic rings. The molecule has 2 heterocycles. The number of nitro groups is 1. The number of aromatic nitrogens is 2. The summed E-state index contributed by atoms with van der Waals surface area (Å²) in [5.41, 5.74) is -0.163. The van der Waals surface area contributed by atoms with E-state index in [9.17, 15) is 24.5 Å². The number of ketones is 1. The molecule has 0 aliphatic carbocycles. The number of aryl methyl sites for hydroxylation is 1. The van der Waals surface area contributed by atoms with Gasteiger partial charge >= 0.3 is 11.7 Å². The van der Waals surface area contributed by atoms with E-state index in [1.165, 1.54) is 25.6 Å². The minimum absolute atomic E-state index is 0.0516. The average molecular weight is 394 g/mol. The van der Waals surface area contributed by atoms with Crippen LogP contribution in [0.15, 0.2) is 0 Å². The Labute approximate surface area is 158 Å². The summed E-state index contributed by atoms with van der Waals surface area (Å²) in [6.45, 7) is 6.12. The van der Waals surface area contributed by atoms with E-state index in [0.717, 1.165) is 11.3 Å². The highest BCUT2D eigenvalue weighted by molar-refractivity contribution is 7.18. The Kier molecular flexibility index (Phi) is 5.74. The van der Waals surface area contributed by atoms with Crippen LogP contribution >= 0.6 is 11.3 Å². The van der Waals surface area contributed by atoms with Crippen molar-refractivity contribution >= 4 is 39.7 Å². The Balaban J connectivity index is 2.51. The van der Waals surface area contributed by atoms with Crippen LogP contribution in [0.1, 0.15) is 55.6 Å². The Morgan fingerprint density at radius 2 is 1.96 bits per heavy atom. The van der Waals surface area contributed by atoms with Gasteiger partial charge in [-0.15, -0.1) is 11.3 Å². The fourth-order valence-electron chi connectivity index (χ4n) is 2.52. The van der Waals surface area contributed by atoms with Gasteiger partial charge in [-0.1, -0.05) is 0 Å². The normalized spacial score (nSPS) is 10.6. The molecule has 0 aliphatic rings. The van der Waals surface area contributed by atoms with Crippen LogP contribution in [0.2, 0.25) is 0 Å². The lowest BCUT2D eigenvalue weighted by Crippen LogP contribution is -2.16. The maximum absolute atomic E-state index is 12.6. The van der Waals surface area contributed by atoms with Crippen molar-refractivity contribution < 1.29 is 24.0 Å². The molecule has 1 N–H and O–H groups in total. The third-order valence-electron chi connectivity index (χ3n) is 3.87. The first-order valence-corrected chi connectivity index (χ1v) is 8.72. The topological polar surface area (TPSA) is 133 Å². The summed E-state index contributed by atoms with van der Waals surface area (Å²) in [4.78, 5) is 47.6. The molecule has 0 radical (unpaired) electrons. The Hall–Kier alpha value is -3.08. The molecule has 0 fully saturated rings. The van der Waals surface area contributed by atoms with Crippen molar-refractivity contribution in [3.8, 4) is 0 Å². The molecule has 0 atom stereocenters. The largest absolute Gasteiger partial charge is 0.462 e. The van der Waals surface area contributed by atoms with Crippen molar-refractivity contribution in [1.29, 1.82) is 0 Å². The Morgan fingerprint density at radius 1 is 1.33 bits per heavy atom. The highest BCUT2D eigenvalue weighted by Crippen LogP contribution is 2.35. The van der Waals surface area contributed by atoms with Crippen molar-refractivity contribution in [3.05, 3.63) is 37.5 Å². The fraction of sp³-hybridized carbons (Fsp3) is 0.375. The molecule has 1 amide bonds. The number of amides is 1. The van der Waals surface area contributed by atoms with Crippen LogP contribution in [0.5, 0.6) is 0 Å². The zero-order valence-corrected chi connectivity index (χ0v) is 16.2. The van der Waals surface area contributed by atoms with Gasteiger partial charge in [0.1, 0.15) is 10.7 Å². The van der Waals surface area contributed by atoms with Crippen molar-refractivity contribution in [1.82, 2.24) is 9.78 Å². The van der Waals surface area contributed by atoms with Gasteiger partial charge in [0, 0.05) is 7.05 Å². The minimum atomic E-state index is -0.854. The molecule has 0 aromatic carbocycles. The monoisotopic (exact) mass is 394 g/mol. The molecule has 0 aliphatic heterocycles. The molecule has 11 heteroatoms. The van der Waals surface area contributed by atoms with E-state index in [-0.39, 0.29) is 34.3 Å². The predicted molar refractivity (Wildman–Crippen MR) is 97.6 cm³/mol. The summed E-state index contributed by atoms with van der Waals surface area (Å²) in [6, 6.07) is 0. The number of nitrogens with one attached hydrogen (secondary N) is 1. The van der Waals surface area contributed by atoms with Crippen molar-refractivity contribution in [2.75, 3.05) is 11.9 Å². The molecular weight excluding hydrogens is 376 g/mol. The molecule has 2 rings (SSSR count). The second kappa shape index (κ2) is 7.66. The quantitative estimate of drug-likeness (QED) is 0.344. The van der Waals surface area contributed by atoms with Crippen LogP contribution in [-0.4, -0.2) is 39.0 Å². The van der Waals surface area contributed by atoms with Gasteiger partial charge in [-0.25, -0.2) is 4.79 Å². The lowest BCUT2D eigenvalue weighted by Gasteiger charge is -2.06. The van der Waals surface area contributed by atoms with Crippen molar-refractivity contribution in [2.24, 2.45) is 7.05 Å². The van der Waals surface area contributed by atoms with E-state index in [1.807, 2.05) is 0 Å². The van der Waals surface area contributed by atoms with E-state index < -0.39 is 22.5 Å². The lowest BCUT2D eigenvalue weighted by molar-refractivity contribution is -0.385. The van der Waals surface area contributed by atoms with Gasteiger partial charge in [-0.3, -0.25) is 24.4 Å². The molecular formula is C16H18N4O6S.